The molecule has 2 aromatic heterocycles. The van der Waals surface area contributed by atoms with Gasteiger partial charge in [0, 0.05) is 12.4 Å². The first-order valence-corrected chi connectivity index (χ1v) is 5.16. The quantitative estimate of drug-likeness (QED) is 0.870. The molecule has 0 aromatic carbocycles. The van der Waals surface area contributed by atoms with Crippen molar-refractivity contribution in [1.82, 2.24) is 9.97 Å². The van der Waals surface area contributed by atoms with Crippen LogP contribution in [0, 0.1) is 12.7 Å². The number of rotatable bonds is 3. The van der Waals surface area contributed by atoms with Gasteiger partial charge in [0.15, 0.2) is 11.6 Å². The summed E-state index contributed by atoms with van der Waals surface area (Å²) in [5.41, 5.74) is 0.819. The Morgan fingerprint density at radius 2 is 2.11 bits per heavy atom. The van der Waals surface area contributed by atoms with E-state index in [1.54, 1.807) is 25.3 Å². The van der Waals surface area contributed by atoms with Crippen LogP contribution in [0.4, 0.5) is 15.9 Å². The number of carboxylic acids is 1. The zero-order chi connectivity index (χ0) is 13.1. The minimum Gasteiger partial charge on any atom is -0.478 e. The van der Waals surface area contributed by atoms with Crippen molar-refractivity contribution in [3.63, 3.8) is 0 Å². The highest BCUT2D eigenvalue weighted by Gasteiger charge is 2.15. The highest BCUT2D eigenvalue weighted by atomic mass is 19.1. The first-order valence-electron chi connectivity index (χ1n) is 5.16. The number of nitrogens with zero attached hydrogens (tertiary/aromatic N) is 2. The average molecular weight is 247 g/mol. The van der Waals surface area contributed by atoms with Gasteiger partial charge in [-0.25, -0.2) is 14.2 Å². The van der Waals surface area contributed by atoms with Crippen LogP contribution in [0.25, 0.3) is 0 Å². The summed E-state index contributed by atoms with van der Waals surface area (Å²) >= 11 is 0. The summed E-state index contributed by atoms with van der Waals surface area (Å²) in [6, 6.07) is 4.50. The van der Waals surface area contributed by atoms with Gasteiger partial charge in [0.2, 0.25) is 0 Å². The van der Waals surface area contributed by atoms with E-state index in [4.69, 9.17) is 5.11 Å². The van der Waals surface area contributed by atoms with Gasteiger partial charge in [-0.15, -0.1) is 0 Å². The van der Waals surface area contributed by atoms with E-state index < -0.39 is 17.3 Å². The number of carboxylic acid groups (broad SMARTS) is 1. The highest BCUT2D eigenvalue weighted by Crippen LogP contribution is 2.21. The van der Waals surface area contributed by atoms with Crippen molar-refractivity contribution >= 4 is 17.5 Å². The SMILES string of the molecule is Cc1ncccc1Nc1nccc(C(=O)O)c1F. The van der Waals surface area contributed by atoms with Crippen LogP contribution in [0.1, 0.15) is 16.1 Å². The lowest BCUT2D eigenvalue weighted by atomic mass is 10.2. The molecule has 0 aliphatic heterocycles. The number of anilines is 2. The van der Waals surface area contributed by atoms with Gasteiger partial charge in [-0.1, -0.05) is 0 Å². The smallest absolute Gasteiger partial charge is 0.338 e. The molecule has 0 radical (unpaired) electrons. The number of hydrogen-bond donors (Lipinski definition) is 2. The number of aromatic carboxylic acids is 1. The lowest BCUT2D eigenvalue weighted by Gasteiger charge is -2.09. The third-order valence-electron chi connectivity index (χ3n) is 2.38. The van der Waals surface area contributed by atoms with Gasteiger partial charge >= 0.3 is 5.97 Å². The van der Waals surface area contributed by atoms with Gasteiger partial charge in [0.1, 0.15) is 5.56 Å². The zero-order valence-electron chi connectivity index (χ0n) is 9.51. The maximum absolute atomic E-state index is 13.8. The van der Waals surface area contributed by atoms with Crippen molar-refractivity contribution in [2.45, 2.75) is 6.92 Å². The molecule has 0 bridgehead atoms. The van der Waals surface area contributed by atoms with E-state index in [0.717, 1.165) is 6.07 Å². The summed E-state index contributed by atoms with van der Waals surface area (Å²) in [5.74, 6) is -2.36. The highest BCUT2D eigenvalue weighted by molar-refractivity contribution is 5.89. The van der Waals surface area contributed by atoms with Gasteiger partial charge in [-0.05, 0) is 25.1 Å². The molecule has 5 nitrogen and oxygen atoms in total. The molecule has 2 aromatic rings. The van der Waals surface area contributed by atoms with Crippen LogP contribution in [-0.4, -0.2) is 21.0 Å². The Labute approximate surface area is 102 Å². The van der Waals surface area contributed by atoms with E-state index in [-0.39, 0.29) is 5.82 Å². The molecular weight excluding hydrogens is 237 g/mol. The lowest BCUT2D eigenvalue weighted by molar-refractivity contribution is 0.0692. The number of aryl methyl sites for hydroxylation is 1. The summed E-state index contributed by atoms with van der Waals surface area (Å²) in [4.78, 5) is 18.6. The number of carbonyl (C=O) groups is 1. The third-order valence-corrected chi connectivity index (χ3v) is 2.38. The molecule has 6 heteroatoms. The molecule has 0 aliphatic carbocycles. The molecule has 0 aliphatic rings. The van der Waals surface area contributed by atoms with Crippen molar-refractivity contribution in [1.29, 1.82) is 0 Å². The third kappa shape index (κ3) is 2.27. The van der Waals surface area contributed by atoms with E-state index in [1.807, 2.05) is 0 Å². The van der Waals surface area contributed by atoms with Crippen LogP contribution in [0.15, 0.2) is 30.6 Å². The molecule has 0 atom stereocenters. The summed E-state index contributed by atoms with van der Waals surface area (Å²) < 4.78 is 13.8. The minimum atomic E-state index is -1.33. The molecule has 18 heavy (non-hydrogen) atoms. The second-order valence-electron chi connectivity index (χ2n) is 3.59. The number of halogens is 1. The Morgan fingerprint density at radius 3 is 2.78 bits per heavy atom. The normalized spacial score (nSPS) is 10.1. The van der Waals surface area contributed by atoms with Gasteiger partial charge < -0.3 is 10.4 Å². The van der Waals surface area contributed by atoms with Gasteiger partial charge in [-0.3, -0.25) is 4.98 Å². The van der Waals surface area contributed by atoms with E-state index in [2.05, 4.69) is 15.3 Å². The summed E-state index contributed by atoms with van der Waals surface area (Å²) in [6.45, 7) is 1.75. The molecule has 2 heterocycles. The average Bonchev–Trinajstić information content (AvgIpc) is 2.34. The van der Waals surface area contributed by atoms with Crippen LogP contribution in [0.3, 0.4) is 0 Å². The topological polar surface area (TPSA) is 75.1 Å². The second kappa shape index (κ2) is 4.79. The fraction of sp³-hybridized carbons (Fsp3) is 0.0833. The lowest BCUT2D eigenvalue weighted by Crippen LogP contribution is -2.06. The number of nitrogens with one attached hydrogen (secondary N) is 1. The first-order chi connectivity index (χ1) is 8.59. The Balaban J connectivity index is 2.39. The standard InChI is InChI=1S/C12H10FN3O2/c1-7-9(3-2-5-14-7)16-11-10(13)8(12(17)18)4-6-15-11/h2-6H,1H3,(H,15,16)(H,17,18). The predicted molar refractivity (Wildman–Crippen MR) is 63.4 cm³/mol. The Morgan fingerprint density at radius 1 is 1.33 bits per heavy atom. The molecular formula is C12H10FN3O2. The molecule has 92 valence electrons. The van der Waals surface area contributed by atoms with Gasteiger partial charge in [0.05, 0.1) is 11.4 Å². The fourth-order valence-corrected chi connectivity index (χ4v) is 1.44. The molecule has 0 spiro atoms. The fourth-order valence-electron chi connectivity index (χ4n) is 1.44. The van der Waals surface area contributed by atoms with E-state index in [0.29, 0.717) is 11.4 Å². The summed E-state index contributed by atoms with van der Waals surface area (Å²) in [5, 5.41) is 11.5. The number of aromatic nitrogens is 2. The molecule has 2 N–H and O–H groups in total. The molecule has 0 saturated carbocycles. The van der Waals surface area contributed by atoms with Gasteiger partial charge in [-0.2, -0.15) is 0 Å². The second-order valence-corrected chi connectivity index (χ2v) is 3.59. The van der Waals surface area contributed by atoms with Crippen molar-refractivity contribution in [2.24, 2.45) is 0 Å². The molecule has 0 saturated heterocycles. The predicted octanol–water partition coefficient (Wildman–Crippen LogP) is 2.37. The van der Waals surface area contributed by atoms with Crippen LogP contribution >= 0.6 is 0 Å². The summed E-state index contributed by atoms with van der Waals surface area (Å²) in [7, 11) is 0. The van der Waals surface area contributed by atoms with Crippen LogP contribution < -0.4 is 5.32 Å². The van der Waals surface area contributed by atoms with Crippen LogP contribution in [0.2, 0.25) is 0 Å². The van der Waals surface area contributed by atoms with Crippen molar-refractivity contribution in [3.8, 4) is 0 Å². The Bertz CT molecular complexity index is 602. The van der Waals surface area contributed by atoms with E-state index in [9.17, 15) is 9.18 Å². The van der Waals surface area contributed by atoms with Crippen LogP contribution in [-0.2, 0) is 0 Å². The number of hydrogen-bond acceptors (Lipinski definition) is 4. The maximum atomic E-state index is 13.8. The Hall–Kier alpha value is -2.50. The minimum absolute atomic E-state index is 0.133. The Kier molecular flexibility index (Phi) is 3.18. The van der Waals surface area contributed by atoms with Gasteiger partial charge in [0.25, 0.3) is 0 Å². The van der Waals surface area contributed by atoms with E-state index >= 15 is 0 Å². The van der Waals surface area contributed by atoms with E-state index in [1.165, 1.54) is 6.20 Å². The first kappa shape index (κ1) is 12.0. The molecule has 0 amide bonds. The van der Waals surface area contributed by atoms with Crippen molar-refractivity contribution < 1.29 is 14.3 Å². The maximum Gasteiger partial charge on any atom is 0.338 e. The molecule has 2 rings (SSSR count). The molecule has 0 fully saturated rings. The van der Waals surface area contributed by atoms with Crippen molar-refractivity contribution in [3.05, 3.63) is 47.7 Å². The largest absolute Gasteiger partial charge is 0.478 e. The zero-order valence-corrected chi connectivity index (χ0v) is 9.51. The molecule has 0 unspecified atom stereocenters. The summed E-state index contributed by atoms with van der Waals surface area (Å²) in [6.07, 6.45) is 2.85. The van der Waals surface area contributed by atoms with Crippen LogP contribution in [0.5, 0.6) is 0 Å². The number of pyridine rings is 2. The van der Waals surface area contributed by atoms with Crippen molar-refractivity contribution in [2.75, 3.05) is 5.32 Å². The monoisotopic (exact) mass is 247 g/mol.